The number of hydrogen-bond donors (Lipinski definition) is 1. The first-order chi connectivity index (χ1) is 13.9. The number of rotatable bonds is 8. The van der Waals surface area contributed by atoms with Crippen LogP contribution in [0.2, 0.25) is 10.0 Å². The van der Waals surface area contributed by atoms with Gasteiger partial charge in [0.2, 0.25) is 15.9 Å². The molecule has 9 heteroatoms. The van der Waals surface area contributed by atoms with Crippen LogP contribution in [0.4, 0.5) is 5.69 Å². The van der Waals surface area contributed by atoms with Gasteiger partial charge in [0.05, 0.1) is 16.5 Å². The number of benzene rings is 2. The van der Waals surface area contributed by atoms with Crippen LogP contribution in [-0.4, -0.2) is 38.3 Å². The van der Waals surface area contributed by atoms with Crippen LogP contribution in [0, 0.1) is 0 Å². The lowest BCUT2D eigenvalue weighted by Gasteiger charge is -2.16. The highest BCUT2D eigenvalue weighted by atomic mass is 35.5. The minimum atomic E-state index is -3.52. The van der Waals surface area contributed by atoms with Crippen LogP contribution in [0.3, 0.4) is 0 Å². The van der Waals surface area contributed by atoms with Crippen LogP contribution in [0.15, 0.2) is 47.4 Å². The Kier molecular flexibility index (Phi) is 7.40. The molecule has 1 aliphatic rings. The molecule has 0 saturated carbocycles. The Morgan fingerprint density at radius 3 is 2.59 bits per heavy atom. The summed E-state index contributed by atoms with van der Waals surface area (Å²) in [4.78, 5) is 12.4. The van der Waals surface area contributed by atoms with E-state index in [4.69, 9.17) is 27.9 Å². The van der Waals surface area contributed by atoms with Crippen molar-refractivity contribution in [3.63, 3.8) is 0 Å². The van der Waals surface area contributed by atoms with Crippen molar-refractivity contribution in [1.29, 1.82) is 0 Å². The van der Waals surface area contributed by atoms with Gasteiger partial charge in [0.1, 0.15) is 5.75 Å². The third-order valence-corrected chi connectivity index (χ3v) is 6.95. The Labute approximate surface area is 180 Å². The lowest BCUT2D eigenvalue weighted by molar-refractivity contribution is -0.116. The minimum Gasteiger partial charge on any atom is -0.492 e. The van der Waals surface area contributed by atoms with Gasteiger partial charge >= 0.3 is 0 Å². The Morgan fingerprint density at radius 1 is 1.10 bits per heavy atom. The van der Waals surface area contributed by atoms with Gasteiger partial charge in [-0.25, -0.2) is 8.42 Å². The van der Waals surface area contributed by atoms with Crippen LogP contribution in [-0.2, 0) is 14.8 Å². The van der Waals surface area contributed by atoms with Crippen molar-refractivity contribution < 1.29 is 17.9 Å². The number of halogens is 2. The molecule has 29 heavy (non-hydrogen) atoms. The first kappa shape index (κ1) is 21.9. The third-order valence-electron chi connectivity index (χ3n) is 4.52. The van der Waals surface area contributed by atoms with Gasteiger partial charge in [-0.2, -0.15) is 4.31 Å². The maximum Gasteiger partial charge on any atom is 0.243 e. The summed E-state index contributed by atoms with van der Waals surface area (Å²) in [5, 5.41) is 3.68. The molecule has 0 bridgehead atoms. The number of nitrogens with one attached hydrogen (secondary N) is 1. The summed E-state index contributed by atoms with van der Waals surface area (Å²) in [7, 11) is -3.52. The first-order valence-electron chi connectivity index (χ1n) is 9.34. The summed E-state index contributed by atoms with van der Waals surface area (Å²) in [6.07, 6.45) is 2.46. The van der Waals surface area contributed by atoms with E-state index in [0.29, 0.717) is 47.6 Å². The lowest BCUT2D eigenvalue weighted by atomic mass is 10.2. The smallest absolute Gasteiger partial charge is 0.243 e. The second-order valence-corrected chi connectivity index (χ2v) is 9.50. The van der Waals surface area contributed by atoms with E-state index in [2.05, 4.69) is 5.32 Å². The SMILES string of the molecule is O=C(CCCOc1ccc(Cl)cc1Cl)Nc1cccc(S(=O)(=O)N2CCCC2)c1. The molecule has 2 aromatic rings. The fraction of sp³-hybridized carbons (Fsp3) is 0.350. The lowest BCUT2D eigenvalue weighted by Crippen LogP contribution is -2.27. The van der Waals surface area contributed by atoms with Crippen LogP contribution in [0.5, 0.6) is 5.75 Å². The summed E-state index contributed by atoms with van der Waals surface area (Å²) in [5.74, 6) is 0.294. The Hall–Kier alpha value is -1.80. The molecule has 0 atom stereocenters. The van der Waals surface area contributed by atoms with E-state index >= 15 is 0 Å². The van der Waals surface area contributed by atoms with Crippen molar-refractivity contribution in [1.82, 2.24) is 4.31 Å². The minimum absolute atomic E-state index is 0.193. The molecule has 1 amide bonds. The summed E-state index contributed by atoms with van der Waals surface area (Å²) >= 11 is 11.9. The molecule has 1 fully saturated rings. The fourth-order valence-corrected chi connectivity index (χ4v) is 5.07. The molecular formula is C20H22Cl2N2O4S. The van der Waals surface area contributed by atoms with Crippen LogP contribution >= 0.6 is 23.2 Å². The molecule has 0 unspecified atom stereocenters. The predicted molar refractivity (Wildman–Crippen MR) is 114 cm³/mol. The van der Waals surface area contributed by atoms with E-state index in [1.54, 1.807) is 36.4 Å². The van der Waals surface area contributed by atoms with Crippen molar-refractivity contribution in [2.45, 2.75) is 30.6 Å². The van der Waals surface area contributed by atoms with E-state index in [-0.39, 0.29) is 17.2 Å². The average Bonchev–Trinajstić information content (AvgIpc) is 3.22. The summed E-state index contributed by atoms with van der Waals surface area (Å²) < 4.78 is 32.3. The van der Waals surface area contributed by atoms with E-state index in [9.17, 15) is 13.2 Å². The van der Waals surface area contributed by atoms with Gasteiger partial charge < -0.3 is 10.1 Å². The third kappa shape index (κ3) is 5.85. The number of hydrogen-bond acceptors (Lipinski definition) is 4. The second-order valence-electron chi connectivity index (χ2n) is 6.71. The quantitative estimate of drug-likeness (QED) is 0.589. The standard InChI is InChI=1S/C20H22Cl2N2O4S/c21-15-8-9-19(18(22)13-15)28-12-4-7-20(25)23-16-5-3-6-17(14-16)29(26,27)24-10-1-2-11-24/h3,5-6,8-9,13-14H,1-2,4,7,10-12H2,(H,23,25). The van der Waals surface area contributed by atoms with E-state index in [1.165, 1.54) is 10.4 Å². The van der Waals surface area contributed by atoms with Gasteiger partial charge in [0.25, 0.3) is 0 Å². The summed E-state index contributed by atoms with van der Waals surface area (Å²) in [6.45, 7) is 1.39. The Balaban J connectivity index is 1.50. The van der Waals surface area contributed by atoms with Crippen molar-refractivity contribution in [2.75, 3.05) is 25.0 Å². The number of amides is 1. The molecule has 1 aliphatic heterocycles. The second kappa shape index (κ2) is 9.80. The highest BCUT2D eigenvalue weighted by molar-refractivity contribution is 7.89. The molecule has 6 nitrogen and oxygen atoms in total. The molecular weight excluding hydrogens is 435 g/mol. The maximum absolute atomic E-state index is 12.6. The zero-order valence-electron chi connectivity index (χ0n) is 15.7. The zero-order valence-corrected chi connectivity index (χ0v) is 18.1. The first-order valence-corrected chi connectivity index (χ1v) is 11.5. The number of sulfonamides is 1. The monoisotopic (exact) mass is 456 g/mol. The highest BCUT2D eigenvalue weighted by Gasteiger charge is 2.27. The molecule has 156 valence electrons. The van der Waals surface area contributed by atoms with Crippen LogP contribution in [0.1, 0.15) is 25.7 Å². The molecule has 3 rings (SSSR count). The molecule has 1 heterocycles. The largest absolute Gasteiger partial charge is 0.492 e. The number of carbonyl (C=O) groups is 1. The Morgan fingerprint density at radius 2 is 1.86 bits per heavy atom. The molecule has 0 aliphatic carbocycles. The molecule has 0 aromatic heterocycles. The van der Waals surface area contributed by atoms with Gasteiger partial charge in [-0.3, -0.25) is 4.79 Å². The highest BCUT2D eigenvalue weighted by Crippen LogP contribution is 2.27. The summed E-state index contributed by atoms with van der Waals surface area (Å²) in [6, 6.07) is 11.3. The molecule has 1 saturated heterocycles. The number of carbonyl (C=O) groups excluding carboxylic acids is 1. The average molecular weight is 457 g/mol. The van der Waals surface area contributed by atoms with Crippen LogP contribution < -0.4 is 10.1 Å². The molecule has 2 aromatic carbocycles. The van der Waals surface area contributed by atoms with Gasteiger partial charge in [0, 0.05) is 30.2 Å². The maximum atomic E-state index is 12.6. The topological polar surface area (TPSA) is 75.7 Å². The molecule has 1 N–H and O–H groups in total. The van der Waals surface area contributed by atoms with Gasteiger partial charge in [-0.15, -0.1) is 0 Å². The van der Waals surface area contributed by atoms with E-state index in [1.807, 2.05) is 0 Å². The van der Waals surface area contributed by atoms with E-state index < -0.39 is 10.0 Å². The predicted octanol–water partition coefficient (Wildman–Crippen LogP) is 4.58. The van der Waals surface area contributed by atoms with Crippen LogP contribution in [0.25, 0.3) is 0 Å². The van der Waals surface area contributed by atoms with Crippen molar-refractivity contribution in [3.05, 3.63) is 52.5 Å². The van der Waals surface area contributed by atoms with Gasteiger partial charge in [0.15, 0.2) is 0 Å². The number of nitrogens with zero attached hydrogens (tertiary/aromatic N) is 1. The normalized spacial score (nSPS) is 14.7. The van der Waals surface area contributed by atoms with Crippen molar-refractivity contribution in [3.8, 4) is 5.75 Å². The fourth-order valence-electron chi connectivity index (χ4n) is 3.04. The summed E-state index contributed by atoms with van der Waals surface area (Å²) in [5.41, 5.74) is 0.455. The number of anilines is 1. The van der Waals surface area contributed by atoms with E-state index in [0.717, 1.165) is 12.8 Å². The zero-order chi connectivity index (χ0) is 20.9. The Bertz CT molecular complexity index is 976. The molecule has 0 spiro atoms. The van der Waals surface area contributed by atoms with Crippen molar-refractivity contribution in [2.24, 2.45) is 0 Å². The number of ether oxygens (including phenoxy) is 1. The van der Waals surface area contributed by atoms with Gasteiger partial charge in [-0.1, -0.05) is 29.3 Å². The van der Waals surface area contributed by atoms with Gasteiger partial charge in [-0.05, 0) is 55.7 Å². The van der Waals surface area contributed by atoms with Crippen molar-refractivity contribution >= 4 is 44.8 Å². The molecule has 0 radical (unpaired) electrons.